The van der Waals surface area contributed by atoms with Crippen LogP contribution in [0.15, 0.2) is 55.1 Å². The summed E-state index contributed by atoms with van der Waals surface area (Å²) in [6, 6.07) is 12.7. The Labute approximate surface area is 118 Å². The minimum absolute atomic E-state index is 0.345. The third kappa shape index (κ3) is 2.79. The highest BCUT2D eigenvalue weighted by molar-refractivity contribution is 5.80. The van der Waals surface area contributed by atoms with Crippen molar-refractivity contribution < 1.29 is 0 Å². The SMILES string of the molecule is CC[C@@H](Cn1ccnc1)Nc1ccc2ccccc2n1. The summed E-state index contributed by atoms with van der Waals surface area (Å²) in [7, 11) is 0. The monoisotopic (exact) mass is 266 g/mol. The predicted molar refractivity (Wildman–Crippen MR) is 81.7 cm³/mol. The maximum atomic E-state index is 4.66. The minimum atomic E-state index is 0.345. The van der Waals surface area contributed by atoms with E-state index in [0.29, 0.717) is 6.04 Å². The second-order valence-corrected chi connectivity index (χ2v) is 4.90. The molecule has 1 atom stereocenters. The van der Waals surface area contributed by atoms with Gasteiger partial charge in [0, 0.05) is 30.4 Å². The van der Waals surface area contributed by atoms with Gasteiger partial charge in [0.15, 0.2) is 0 Å². The Morgan fingerprint density at radius 2 is 2.10 bits per heavy atom. The van der Waals surface area contributed by atoms with E-state index < -0.39 is 0 Å². The van der Waals surface area contributed by atoms with Crippen LogP contribution in [0.2, 0.25) is 0 Å². The van der Waals surface area contributed by atoms with Crippen LogP contribution < -0.4 is 5.32 Å². The lowest BCUT2D eigenvalue weighted by molar-refractivity contribution is 0.567. The van der Waals surface area contributed by atoms with E-state index >= 15 is 0 Å². The fourth-order valence-corrected chi connectivity index (χ4v) is 2.28. The van der Waals surface area contributed by atoms with E-state index in [-0.39, 0.29) is 0 Å². The molecule has 0 radical (unpaired) electrons. The molecule has 1 N–H and O–H groups in total. The highest BCUT2D eigenvalue weighted by atomic mass is 15.1. The zero-order valence-electron chi connectivity index (χ0n) is 11.5. The molecule has 2 aromatic heterocycles. The van der Waals surface area contributed by atoms with Gasteiger partial charge in [0.1, 0.15) is 5.82 Å². The van der Waals surface area contributed by atoms with Crippen LogP contribution in [0, 0.1) is 0 Å². The first-order valence-corrected chi connectivity index (χ1v) is 6.93. The summed E-state index contributed by atoms with van der Waals surface area (Å²) in [4.78, 5) is 8.73. The molecular formula is C16H18N4. The van der Waals surface area contributed by atoms with Crippen LogP contribution in [-0.2, 0) is 6.54 Å². The van der Waals surface area contributed by atoms with Gasteiger partial charge < -0.3 is 9.88 Å². The zero-order chi connectivity index (χ0) is 13.8. The van der Waals surface area contributed by atoms with Crippen molar-refractivity contribution >= 4 is 16.7 Å². The molecule has 0 amide bonds. The highest BCUT2D eigenvalue weighted by Gasteiger charge is 2.08. The van der Waals surface area contributed by atoms with Crippen LogP contribution in [0.25, 0.3) is 10.9 Å². The Bertz CT molecular complexity index is 676. The summed E-state index contributed by atoms with van der Waals surface area (Å²) in [5, 5.41) is 4.67. The van der Waals surface area contributed by atoms with E-state index in [4.69, 9.17) is 0 Å². The molecule has 1 aromatic carbocycles. The number of fused-ring (bicyclic) bond motifs is 1. The summed E-state index contributed by atoms with van der Waals surface area (Å²) in [6.45, 7) is 3.07. The predicted octanol–water partition coefficient (Wildman–Crippen LogP) is 3.32. The fraction of sp³-hybridized carbons (Fsp3) is 0.250. The van der Waals surface area contributed by atoms with Crippen LogP contribution in [0.3, 0.4) is 0 Å². The number of aromatic nitrogens is 3. The van der Waals surface area contributed by atoms with Gasteiger partial charge in [-0.15, -0.1) is 0 Å². The van der Waals surface area contributed by atoms with Crippen LogP contribution in [0.5, 0.6) is 0 Å². The molecule has 4 heteroatoms. The van der Waals surface area contributed by atoms with E-state index in [1.807, 2.05) is 36.8 Å². The zero-order valence-corrected chi connectivity index (χ0v) is 11.5. The first-order valence-electron chi connectivity index (χ1n) is 6.93. The quantitative estimate of drug-likeness (QED) is 0.770. The van der Waals surface area contributed by atoms with Crippen molar-refractivity contribution in [3.8, 4) is 0 Å². The molecular weight excluding hydrogens is 248 g/mol. The topological polar surface area (TPSA) is 42.7 Å². The Morgan fingerprint density at radius 3 is 2.90 bits per heavy atom. The van der Waals surface area contributed by atoms with Gasteiger partial charge in [-0.05, 0) is 24.6 Å². The molecule has 0 aliphatic rings. The molecule has 0 aliphatic heterocycles. The number of hydrogen-bond donors (Lipinski definition) is 1. The molecule has 0 fully saturated rings. The number of anilines is 1. The summed E-state index contributed by atoms with van der Waals surface area (Å²) < 4.78 is 2.09. The van der Waals surface area contributed by atoms with Gasteiger partial charge in [0.25, 0.3) is 0 Å². The third-order valence-corrected chi connectivity index (χ3v) is 3.43. The van der Waals surface area contributed by atoms with Crippen molar-refractivity contribution in [1.29, 1.82) is 0 Å². The first kappa shape index (κ1) is 12.7. The standard InChI is InChI=1S/C16H18N4/c1-2-14(11-20-10-9-17-12-20)18-16-8-7-13-5-3-4-6-15(13)19-16/h3-10,12,14H,2,11H2,1H3,(H,18,19)/t14-/m0/s1. The Kier molecular flexibility index (Phi) is 3.63. The average Bonchev–Trinajstić information content (AvgIpc) is 2.99. The molecule has 4 nitrogen and oxygen atoms in total. The van der Waals surface area contributed by atoms with Gasteiger partial charge in [-0.25, -0.2) is 9.97 Å². The van der Waals surface area contributed by atoms with Crippen LogP contribution >= 0.6 is 0 Å². The van der Waals surface area contributed by atoms with E-state index in [1.165, 1.54) is 5.39 Å². The first-order chi connectivity index (χ1) is 9.85. The van der Waals surface area contributed by atoms with Crippen LogP contribution in [0.4, 0.5) is 5.82 Å². The van der Waals surface area contributed by atoms with Crippen molar-refractivity contribution in [3.05, 3.63) is 55.1 Å². The molecule has 0 bridgehead atoms. The van der Waals surface area contributed by atoms with E-state index in [2.05, 4.69) is 38.9 Å². The molecule has 2 heterocycles. The van der Waals surface area contributed by atoms with Gasteiger partial charge in [0.05, 0.1) is 11.8 Å². The Hall–Kier alpha value is -2.36. The molecule has 0 saturated heterocycles. The fourth-order valence-electron chi connectivity index (χ4n) is 2.28. The van der Waals surface area contributed by atoms with Gasteiger partial charge in [-0.3, -0.25) is 0 Å². The Balaban J connectivity index is 1.76. The van der Waals surface area contributed by atoms with Crippen molar-refractivity contribution in [3.63, 3.8) is 0 Å². The number of para-hydroxylation sites is 1. The lowest BCUT2D eigenvalue weighted by Crippen LogP contribution is -2.24. The summed E-state index contributed by atoms with van der Waals surface area (Å²) in [5.41, 5.74) is 1.02. The largest absolute Gasteiger partial charge is 0.366 e. The normalized spacial score (nSPS) is 12.4. The highest BCUT2D eigenvalue weighted by Crippen LogP contribution is 2.16. The average molecular weight is 266 g/mol. The maximum absolute atomic E-state index is 4.66. The number of nitrogens with one attached hydrogen (secondary N) is 1. The second kappa shape index (κ2) is 5.74. The third-order valence-electron chi connectivity index (χ3n) is 3.43. The van der Waals surface area contributed by atoms with Gasteiger partial charge in [0.2, 0.25) is 0 Å². The Morgan fingerprint density at radius 1 is 1.20 bits per heavy atom. The van der Waals surface area contributed by atoms with Crippen LogP contribution in [0.1, 0.15) is 13.3 Å². The van der Waals surface area contributed by atoms with Gasteiger partial charge in [-0.1, -0.05) is 25.1 Å². The number of nitrogens with zero attached hydrogens (tertiary/aromatic N) is 3. The number of hydrogen-bond acceptors (Lipinski definition) is 3. The molecule has 20 heavy (non-hydrogen) atoms. The summed E-state index contributed by atoms with van der Waals surface area (Å²) in [5.74, 6) is 0.927. The lowest BCUT2D eigenvalue weighted by Gasteiger charge is -2.18. The molecule has 3 rings (SSSR count). The number of pyridine rings is 1. The maximum Gasteiger partial charge on any atom is 0.126 e. The summed E-state index contributed by atoms with van der Waals surface area (Å²) in [6.07, 6.45) is 6.67. The van der Waals surface area contributed by atoms with Crippen molar-refractivity contribution in [2.24, 2.45) is 0 Å². The molecule has 0 spiro atoms. The molecule has 3 aromatic rings. The van der Waals surface area contributed by atoms with Crippen molar-refractivity contribution in [2.45, 2.75) is 25.9 Å². The van der Waals surface area contributed by atoms with Gasteiger partial charge >= 0.3 is 0 Å². The molecule has 102 valence electrons. The lowest BCUT2D eigenvalue weighted by atomic mass is 10.2. The van der Waals surface area contributed by atoms with Crippen molar-refractivity contribution in [2.75, 3.05) is 5.32 Å². The minimum Gasteiger partial charge on any atom is -0.366 e. The van der Waals surface area contributed by atoms with E-state index in [0.717, 1.165) is 24.3 Å². The molecule has 0 unspecified atom stereocenters. The number of benzene rings is 1. The van der Waals surface area contributed by atoms with E-state index in [9.17, 15) is 0 Å². The second-order valence-electron chi connectivity index (χ2n) is 4.90. The number of rotatable bonds is 5. The molecule has 0 saturated carbocycles. The van der Waals surface area contributed by atoms with Gasteiger partial charge in [-0.2, -0.15) is 0 Å². The van der Waals surface area contributed by atoms with Crippen molar-refractivity contribution in [1.82, 2.24) is 14.5 Å². The smallest absolute Gasteiger partial charge is 0.126 e. The summed E-state index contributed by atoms with van der Waals surface area (Å²) >= 11 is 0. The molecule has 0 aliphatic carbocycles. The van der Waals surface area contributed by atoms with E-state index in [1.54, 1.807) is 6.20 Å². The van der Waals surface area contributed by atoms with Crippen LogP contribution in [-0.4, -0.2) is 20.6 Å². The number of imidazole rings is 1.